The molecule has 3 aromatic carbocycles. The van der Waals surface area contributed by atoms with E-state index in [9.17, 15) is 5.11 Å². The van der Waals surface area contributed by atoms with Crippen LogP contribution in [-0.2, 0) is 5.60 Å². The van der Waals surface area contributed by atoms with Crippen molar-refractivity contribution in [3.63, 3.8) is 0 Å². The van der Waals surface area contributed by atoms with E-state index in [1.54, 1.807) is 0 Å². The highest BCUT2D eigenvalue weighted by Crippen LogP contribution is 2.53. The lowest BCUT2D eigenvalue weighted by molar-refractivity contribution is 0.0991. The van der Waals surface area contributed by atoms with Gasteiger partial charge < -0.3 is 5.11 Å². The lowest BCUT2D eigenvalue weighted by Crippen LogP contribution is -2.24. The van der Waals surface area contributed by atoms with E-state index in [0.717, 1.165) is 33.4 Å². The van der Waals surface area contributed by atoms with Gasteiger partial charge in [-0.3, -0.25) is 0 Å². The molecule has 0 heterocycles. The Morgan fingerprint density at radius 1 is 0.708 bits per heavy atom. The van der Waals surface area contributed by atoms with E-state index >= 15 is 0 Å². The Bertz CT molecular complexity index is 894. The second-order valence-corrected chi connectivity index (χ2v) is 6.24. The van der Waals surface area contributed by atoms with Crippen molar-refractivity contribution in [1.82, 2.24) is 0 Å². The summed E-state index contributed by atoms with van der Waals surface area (Å²) in [4.78, 5) is 0. The molecule has 1 aliphatic carbocycles. The van der Waals surface area contributed by atoms with Gasteiger partial charge in [0.2, 0.25) is 0 Å². The average molecular weight is 312 g/mol. The Kier molecular flexibility index (Phi) is 3.59. The van der Waals surface area contributed by atoms with Gasteiger partial charge in [0, 0.05) is 5.57 Å². The summed E-state index contributed by atoms with van der Waals surface area (Å²) in [5, 5.41) is 11.6. The minimum absolute atomic E-state index is 0.643. The molecule has 1 aliphatic rings. The zero-order valence-electron chi connectivity index (χ0n) is 13.7. The minimum Gasteiger partial charge on any atom is -0.380 e. The van der Waals surface area contributed by atoms with Crippen molar-refractivity contribution in [1.29, 1.82) is 0 Å². The second kappa shape index (κ2) is 5.77. The molecule has 0 bridgehead atoms. The van der Waals surface area contributed by atoms with Crippen LogP contribution in [0.4, 0.5) is 0 Å². The van der Waals surface area contributed by atoms with Gasteiger partial charge in [-0.2, -0.15) is 0 Å². The number of hydrogen-bond acceptors (Lipinski definition) is 1. The third kappa shape index (κ3) is 2.13. The molecule has 4 rings (SSSR count). The van der Waals surface area contributed by atoms with Crippen LogP contribution in [0.3, 0.4) is 0 Å². The molecule has 1 heteroatoms. The van der Waals surface area contributed by atoms with E-state index in [0.29, 0.717) is 6.42 Å². The van der Waals surface area contributed by atoms with Crippen molar-refractivity contribution >= 4 is 11.1 Å². The predicted molar refractivity (Wildman–Crippen MR) is 99.4 cm³/mol. The summed E-state index contributed by atoms with van der Waals surface area (Å²) in [5.41, 5.74) is 5.56. The molecule has 24 heavy (non-hydrogen) atoms. The fourth-order valence-electron chi connectivity index (χ4n) is 3.80. The Hall–Kier alpha value is -2.64. The van der Waals surface area contributed by atoms with Gasteiger partial charge in [-0.25, -0.2) is 0 Å². The van der Waals surface area contributed by atoms with E-state index in [1.165, 1.54) is 0 Å². The average Bonchev–Trinajstić information content (AvgIpc) is 2.93. The summed E-state index contributed by atoms with van der Waals surface area (Å²) >= 11 is 0. The predicted octanol–water partition coefficient (Wildman–Crippen LogP) is 5.26. The van der Waals surface area contributed by atoms with Crippen LogP contribution in [0.15, 0.2) is 84.9 Å². The van der Waals surface area contributed by atoms with Crippen molar-refractivity contribution in [3.05, 3.63) is 107 Å². The van der Waals surface area contributed by atoms with Gasteiger partial charge >= 0.3 is 0 Å². The van der Waals surface area contributed by atoms with Gasteiger partial charge in [0.05, 0.1) is 0 Å². The van der Waals surface area contributed by atoms with Gasteiger partial charge in [-0.05, 0) is 34.2 Å². The quantitative estimate of drug-likeness (QED) is 0.699. The Balaban J connectivity index is 2.10. The van der Waals surface area contributed by atoms with Gasteiger partial charge in [0.15, 0.2) is 0 Å². The fraction of sp³-hybridized carbons (Fsp3) is 0.130. The summed E-state index contributed by atoms with van der Waals surface area (Å²) in [5.74, 6) is 0. The Labute approximate surface area is 142 Å². The Morgan fingerprint density at radius 2 is 1.25 bits per heavy atom. The van der Waals surface area contributed by atoms with Crippen LogP contribution in [0.1, 0.15) is 35.6 Å². The largest absolute Gasteiger partial charge is 0.380 e. The number of fused-ring (bicyclic) bond motifs is 1. The van der Waals surface area contributed by atoms with E-state index in [1.807, 2.05) is 43.3 Å². The first kappa shape index (κ1) is 14.9. The van der Waals surface area contributed by atoms with Crippen LogP contribution in [0.5, 0.6) is 0 Å². The maximum atomic E-state index is 11.6. The highest BCUT2D eigenvalue weighted by atomic mass is 16.3. The van der Waals surface area contributed by atoms with E-state index in [4.69, 9.17) is 0 Å². The molecule has 0 aromatic heterocycles. The minimum atomic E-state index is -0.955. The molecule has 0 saturated carbocycles. The van der Waals surface area contributed by atoms with E-state index < -0.39 is 5.60 Å². The van der Waals surface area contributed by atoms with Crippen molar-refractivity contribution in [3.8, 4) is 0 Å². The molecule has 118 valence electrons. The monoisotopic (exact) mass is 312 g/mol. The SMILES string of the molecule is CCC1(O)C(c2ccccc2)=C(c2ccccc2)c2ccccc21. The molecule has 0 radical (unpaired) electrons. The highest BCUT2D eigenvalue weighted by Gasteiger charge is 2.42. The maximum Gasteiger partial charge on any atom is 0.116 e. The van der Waals surface area contributed by atoms with E-state index in [-0.39, 0.29) is 0 Å². The summed E-state index contributed by atoms with van der Waals surface area (Å²) in [7, 11) is 0. The standard InChI is InChI=1S/C23H20O/c1-2-23(24)20-16-10-9-15-19(20)21(17-11-5-3-6-12-17)22(23)18-13-7-4-8-14-18/h3-16,24H,2H2,1H3. The third-order valence-corrected chi connectivity index (χ3v) is 4.94. The third-order valence-electron chi connectivity index (χ3n) is 4.94. The molecule has 0 spiro atoms. The topological polar surface area (TPSA) is 20.2 Å². The Morgan fingerprint density at radius 3 is 1.88 bits per heavy atom. The molecule has 1 nitrogen and oxygen atoms in total. The molecule has 0 aliphatic heterocycles. The number of aliphatic hydroxyl groups is 1. The summed E-state index contributed by atoms with van der Waals surface area (Å²) in [6.07, 6.45) is 0.643. The molecular weight excluding hydrogens is 292 g/mol. The zero-order valence-corrected chi connectivity index (χ0v) is 13.7. The second-order valence-electron chi connectivity index (χ2n) is 6.24. The number of hydrogen-bond donors (Lipinski definition) is 1. The fourth-order valence-corrected chi connectivity index (χ4v) is 3.80. The maximum absolute atomic E-state index is 11.6. The number of benzene rings is 3. The van der Waals surface area contributed by atoms with Crippen LogP contribution in [-0.4, -0.2) is 5.11 Å². The van der Waals surface area contributed by atoms with Crippen LogP contribution in [0, 0.1) is 0 Å². The first-order valence-corrected chi connectivity index (χ1v) is 8.43. The van der Waals surface area contributed by atoms with Crippen LogP contribution < -0.4 is 0 Å². The zero-order chi connectivity index (χ0) is 16.6. The summed E-state index contributed by atoms with van der Waals surface area (Å²) in [6, 6.07) is 28.9. The first-order chi connectivity index (χ1) is 11.8. The summed E-state index contributed by atoms with van der Waals surface area (Å²) in [6.45, 7) is 2.05. The molecule has 0 saturated heterocycles. The normalized spacial score (nSPS) is 19.4. The molecule has 1 unspecified atom stereocenters. The molecular formula is C23H20O. The molecule has 0 amide bonds. The van der Waals surface area contributed by atoms with Crippen LogP contribution in [0.2, 0.25) is 0 Å². The lowest BCUT2D eigenvalue weighted by atomic mass is 9.83. The van der Waals surface area contributed by atoms with Crippen LogP contribution in [0.25, 0.3) is 11.1 Å². The molecule has 0 fully saturated rings. The van der Waals surface area contributed by atoms with Gasteiger partial charge in [0.1, 0.15) is 5.60 Å². The summed E-state index contributed by atoms with van der Waals surface area (Å²) < 4.78 is 0. The first-order valence-electron chi connectivity index (χ1n) is 8.43. The van der Waals surface area contributed by atoms with Crippen molar-refractivity contribution < 1.29 is 5.11 Å². The molecule has 1 N–H and O–H groups in total. The lowest BCUT2D eigenvalue weighted by Gasteiger charge is -2.27. The van der Waals surface area contributed by atoms with Gasteiger partial charge in [0.25, 0.3) is 0 Å². The van der Waals surface area contributed by atoms with Crippen molar-refractivity contribution in [2.45, 2.75) is 18.9 Å². The van der Waals surface area contributed by atoms with Gasteiger partial charge in [-0.1, -0.05) is 91.9 Å². The number of rotatable bonds is 3. The highest BCUT2D eigenvalue weighted by molar-refractivity contribution is 6.06. The molecule has 1 atom stereocenters. The van der Waals surface area contributed by atoms with Crippen molar-refractivity contribution in [2.24, 2.45) is 0 Å². The van der Waals surface area contributed by atoms with Crippen LogP contribution >= 0.6 is 0 Å². The molecule has 3 aromatic rings. The van der Waals surface area contributed by atoms with Gasteiger partial charge in [-0.15, -0.1) is 0 Å². The van der Waals surface area contributed by atoms with Crippen molar-refractivity contribution in [2.75, 3.05) is 0 Å². The van der Waals surface area contributed by atoms with E-state index in [2.05, 4.69) is 48.5 Å². The smallest absolute Gasteiger partial charge is 0.116 e.